The van der Waals surface area contributed by atoms with Crippen LogP contribution in [0.3, 0.4) is 0 Å². The number of carbonyl (C=O) groups is 2. The number of hydrogen-bond acceptors (Lipinski definition) is 3. The van der Waals surface area contributed by atoms with Crippen LogP contribution in [0.2, 0.25) is 0 Å². The highest BCUT2D eigenvalue weighted by Crippen LogP contribution is 2.61. The minimum absolute atomic E-state index is 0.750. The van der Waals surface area contributed by atoms with Crippen LogP contribution in [0.5, 0.6) is 0 Å². The fraction of sp³-hybridized carbons (Fsp3) is 0.273. The summed E-state index contributed by atoms with van der Waals surface area (Å²) in [6.07, 6.45) is 1.54. The molecule has 0 aliphatic rings. The fourth-order valence-electron chi connectivity index (χ4n) is 0.724. The van der Waals surface area contributed by atoms with Gasteiger partial charge in [-0.3, -0.25) is 14.2 Å². The highest BCUT2D eigenvalue weighted by atomic mass is 36.0. The Hall–Kier alpha value is -0.740. The van der Waals surface area contributed by atoms with Crippen LogP contribution in [0.1, 0.15) is 0 Å². The molecule has 0 spiro atoms. The molecule has 0 unspecified atom stereocenters. The average Bonchev–Trinajstić information content (AvgIpc) is 2.37. The monoisotopic (exact) mass is 360 g/mol. The van der Waals surface area contributed by atoms with Gasteiger partial charge in [-0.05, 0) is 45.9 Å². The molecule has 5 nitrogen and oxygen atoms in total. The third kappa shape index (κ3) is 19.6. The molecule has 114 valence electrons. The summed E-state index contributed by atoms with van der Waals surface area (Å²) in [4.78, 5) is 22.6. The number of rotatable bonds is 3. The van der Waals surface area contributed by atoms with Crippen molar-refractivity contribution in [3.63, 3.8) is 0 Å². The molecular weight excluding hydrogens is 345 g/mol. The van der Waals surface area contributed by atoms with E-state index in [1.165, 1.54) is 9.80 Å². The van der Waals surface area contributed by atoms with Gasteiger partial charge in [0.15, 0.2) is 0 Å². The quantitative estimate of drug-likeness (QED) is 0.608. The Morgan fingerprint density at radius 2 is 1.30 bits per heavy atom. The number of benzene rings is 1. The normalized spacial score (nSPS) is 9.10. The van der Waals surface area contributed by atoms with Gasteiger partial charge in [-0.1, -0.05) is 18.2 Å². The first kappa shape index (κ1) is 21.6. The predicted octanol–water partition coefficient (Wildman–Crippen LogP) is 3.79. The lowest BCUT2D eigenvalue weighted by Crippen LogP contribution is -2.12. The highest BCUT2D eigenvalue weighted by molar-refractivity contribution is 8.24. The van der Waals surface area contributed by atoms with Crippen molar-refractivity contribution >= 4 is 57.4 Å². The molecule has 9 heteroatoms. The number of anilines is 1. The van der Waals surface area contributed by atoms with Gasteiger partial charge in [0, 0.05) is 26.8 Å². The molecule has 0 saturated carbocycles. The van der Waals surface area contributed by atoms with E-state index in [1.807, 2.05) is 30.3 Å². The molecule has 20 heavy (non-hydrogen) atoms. The summed E-state index contributed by atoms with van der Waals surface area (Å²) in [5, 5.41) is -3.22. The van der Waals surface area contributed by atoms with E-state index in [4.69, 9.17) is 0 Å². The van der Waals surface area contributed by atoms with Crippen LogP contribution in [0, 0.1) is 0 Å². The van der Waals surface area contributed by atoms with Gasteiger partial charge in [0.2, 0.25) is 12.8 Å². The largest absolute Gasteiger partial charge is 0.351 e. The molecule has 0 N–H and O–H groups in total. The van der Waals surface area contributed by atoms with Gasteiger partial charge in [0.05, 0.1) is 0 Å². The van der Waals surface area contributed by atoms with Crippen molar-refractivity contribution in [2.24, 2.45) is 0 Å². The smallest absolute Gasteiger partial charge is 0.339 e. The molecule has 0 heterocycles. The van der Waals surface area contributed by atoms with Crippen LogP contribution in [-0.2, 0) is 14.2 Å². The molecule has 0 fully saturated rings. The molecule has 1 aromatic rings. The second-order valence-corrected chi connectivity index (χ2v) is 10.2. The first-order valence-corrected chi connectivity index (χ1v) is 9.58. The minimum Gasteiger partial charge on any atom is -0.351 e. The third-order valence-corrected chi connectivity index (χ3v) is 1.53. The number of halogens is 3. The minimum atomic E-state index is -3.22. The van der Waals surface area contributed by atoms with Crippen molar-refractivity contribution in [3.8, 4) is 0 Å². The summed E-state index contributed by atoms with van der Waals surface area (Å²) in [6, 6.07) is 9.48. The SMILES string of the molecule is CN(C)C=O.CN(C=O)c1ccccc1.O=P(Cl)(Cl)Cl. The summed E-state index contributed by atoms with van der Waals surface area (Å²) in [5.41, 5.74) is 0.914. The summed E-state index contributed by atoms with van der Waals surface area (Å²) >= 11 is 13.8. The Bertz CT molecular complexity index is 418. The lowest BCUT2D eigenvalue weighted by atomic mass is 10.3. The molecule has 0 aromatic heterocycles. The Morgan fingerprint density at radius 1 is 0.950 bits per heavy atom. The summed E-state index contributed by atoms with van der Waals surface area (Å²) in [5.74, 6) is 0. The summed E-state index contributed by atoms with van der Waals surface area (Å²) in [6.45, 7) is 0. The lowest BCUT2D eigenvalue weighted by molar-refractivity contribution is -0.116. The molecule has 0 atom stereocenters. The number of hydrogen-bond donors (Lipinski definition) is 0. The van der Waals surface area contributed by atoms with Gasteiger partial charge in [-0.25, -0.2) is 0 Å². The van der Waals surface area contributed by atoms with Crippen LogP contribution in [0.25, 0.3) is 0 Å². The van der Waals surface area contributed by atoms with Gasteiger partial charge >= 0.3 is 5.20 Å². The van der Waals surface area contributed by atoms with E-state index >= 15 is 0 Å². The molecule has 1 aromatic carbocycles. The van der Waals surface area contributed by atoms with Gasteiger partial charge in [-0.15, -0.1) is 0 Å². The van der Waals surface area contributed by atoms with Crippen molar-refractivity contribution in [1.82, 2.24) is 4.90 Å². The molecule has 0 radical (unpaired) electrons. The zero-order valence-electron chi connectivity index (χ0n) is 11.2. The van der Waals surface area contributed by atoms with E-state index in [9.17, 15) is 14.2 Å². The molecule has 2 amide bonds. The number of amides is 2. The van der Waals surface area contributed by atoms with E-state index in [-0.39, 0.29) is 0 Å². The van der Waals surface area contributed by atoms with Crippen LogP contribution in [0.4, 0.5) is 5.69 Å². The zero-order valence-corrected chi connectivity index (χ0v) is 14.4. The zero-order chi connectivity index (χ0) is 16.2. The van der Waals surface area contributed by atoms with Gasteiger partial charge in [0.1, 0.15) is 0 Å². The van der Waals surface area contributed by atoms with Crippen LogP contribution < -0.4 is 4.90 Å². The average molecular weight is 362 g/mol. The van der Waals surface area contributed by atoms with Crippen LogP contribution in [0.15, 0.2) is 30.3 Å². The van der Waals surface area contributed by atoms with Crippen molar-refractivity contribution in [2.75, 3.05) is 26.0 Å². The van der Waals surface area contributed by atoms with Crippen LogP contribution >= 0.6 is 38.9 Å². The molecular formula is C11H16Cl3N2O3P. The van der Waals surface area contributed by atoms with E-state index < -0.39 is 5.20 Å². The standard InChI is InChI=1S/C8H9NO.C3H7NO.Cl3OP/c1-9(7-10)8-5-3-2-4-6-8;1-4(2)3-5;1-5(2,3)4/h2-7H,1H3;3H,1-2H3;. The number of carbonyl (C=O) groups excluding carboxylic acids is 2. The topological polar surface area (TPSA) is 57.7 Å². The summed E-state index contributed by atoms with van der Waals surface area (Å²) < 4.78 is 9.51. The Kier molecular flexibility index (Phi) is 13.0. The van der Waals surface area contributed by atoms with Crippen molar-refractivity contribution < 1.29 is 14.2 Å². The first-order chi connectivity index (χ1) is 9.11. The molecule has 0 saturated heterocycles. The van der Waals surface area contributed by atoms with E-state index in [2.05, 4.69) is 33.7 Å². The second-order valence-electron chi connectivity index (χ2n) is 3.52. The highest BCUT2D eigenvalue weighted by Gasteiger charge is 2.03. The maximum Gasteiger partial charge on any atom is 0.339 e. The first-order valence-electron chi connectivity index (χ1n) is 5.15. The molecule has 0 bridgehead atoms. The second kappa shape index (κ2) is 12.0. The van der Waals surface area contributed by atoms with E-state index in [0.717, 1.165) is 18.5 Å². The lowest BCUT2D eigenvalue weighted by Gasteiger charge is -2.08. The Labute approximate surface area is 133 Å². The van der Waals surface area contributed by atoms with E-state index in [1.54, 1.807) is 21.1 Å². The molecule has 1 rings (SSSR count). The van der Waals surface area contributed by atoms with Crippen LogP contribution in [-0.4, -0.2) is 38.9 Å². The maximum absolute atomic E-state index is 10.2. The van der Waals surface area contributed by atoms with Crippen molar-refractivity contribution in [3.05, 3.63) is 30.3 Å². The van der Waals surface area contributed by atoms with E-state index in [0.29, 0.717) is 0 Å². The molecule has 0 aliphatic heterocycles. The Morgan fingerprint density at radius 3 is 1.55 bits per heavy atom. The third-order valence-electron chi connectivity index (χ3n) is 1.53. The Balaban J connectivity index is 0. The summed E-state index contributed by atoms with van der Waals surface area (Å²) in [7, 11) is 5.10. The fourth-order valence-corrected chi connectivity index (χ4v) is 0.724. The predicted molar refractivity (Wildman–Crippen MR) is 85.8 cm³/mol. The number of nitrogens with zero attached hydrogens (tertiary/aromatic N) is 2. The van der Waals surface area contributed by atoms with Gasteiger partial charge in [0.25, 0.3) is 0 Å². The maximum atomic E-state index is 10.2. The number of para-hydroxylation sites is 1. The molecule has 0 aliphatic carbocycles. The van der Waals surface area contributed by atoms with Crippen molar-refractivity contribution in [1.29, 1.82) is 0 Å². The van der Waals surface area contributed by atoms with Gasteiger partial charge < -0.3 is 9.80 Å². The van der Waals surface area contributed by atoms with Gasteiger partial charge in [-0.2, -0.15) is 0 Å². The van der Waals surface area contributed by atoms with Crippen molar-refractivity contribution in [2.45, 2.75) is 0 Å².